The number of rotatable bonds is 2. The zero-order valence-electron chi connectivity index (χ0n) is 7.38. The molecule has 1 aromatic heterocycles. The van der Waals surface area contributed by atoms with Crippen LogP contribution in [0.15, 0.2) is 6.20 Å². The summed E-state index contributed by atoms with van der Waals surface area (Å²) in [6.45, 7) is 0. The molecule has 82 valence electrons. The monoisotopic (exact) mass is 285 g/mol. The second-order valence-electron chi connectivity index (χ2n) is 2.59. The van der Waals surface area contributed by atoms with E-state index in [1.165, 1.54) is 6.20 Å². The molecule has 0 radical (unpaired) electrons. The molecule has 0 amide bonds. The number of halogens is 4. The molecule has 0 saturated carbocycles. The average molecular weight is 287 g/mol. The summed E-state index contributed by atoms with van der Waals surface area (Å²) in [4.78, 5) is 3.74. The SMILES string of the molecule is Cl.N#CC[C@H](N)c1c(Cl)cnc(Cl)c1Cl. The van der Waals surface area contributed by atoms with Crippen LogP contribution < -0.4 is 5.73 Å². The lowest BCUT2D eigenvalue weighted by atomic mass is 10.1. The van der Waals surface area contributed by atoms with Gasteiger partial charge in [0.15, 0.2) is 0 Å². The van der Waals surface area contributed by atoms with Crippen LogP contribution in [0.25, 0.3) is 0 Å². The van der Waals surface area contributed by atoms with E-state index in [9.17, 15) is 0 Å². The first-order valence-electron chi connectivity index (χ1n) is 3.69. The third-order valence-electron chi connectivity index (χ3n) is 1.65. The first-order valence-corrected chi connectivity index (χ1v) is 4.83. The minimum atomic E-state index is -0.541. The van der Waals surface area contributed by atoms with Crippen LogP contribution in [0.5, 0.6) is 0 Å². The van der Waals surface area contributed by atoms with Gasteiger partial charge in [-0.25, -0.2) is 4.98 Å². The lowest BCUT2D eigenvalue weighted by molar-refractivity contribution is 0.747. The topological polar surface area (TPSA) is 62.7 Å². The van der Waals surface area contributed by atoms with Crippen LogP contribution in [0.3, 0.4) is 0 Å². The Kier molecular flexibility index (Phi) is 6.26. The van der Waals surface area contributed by atoms with E-state index in [0.717, 1.165) is 0 Å². The lowest BCUT2D eigenvalue weighted by Crippen LogP contribution is -2.11. The first kappa shape index (κ1) is 14.8. The Balaban J connectivity index is 0.00000196. The maximum atomic E-state index is 8.48. The van der Waals surface area contributed by atoms with Crippen LogP contribution in [-0.2, 0) is 0 Å². The predicted molar refractivity (Wildman–Crippen MR) is 63.7 cm³/mol. The molecule has 0 aliphatic carbocycles. The van der Waals surface area contributed by atoms with E-state index in [1.54, 1.807) is 0 Å². The molecule has 0 fully saturated rings. The van der Waals surface area contributed by atoms with Gasteiger partial charge in [-0.1, -0.05) is 34.8 Å². The van der Waals surface area contributed by atoms with E-state index in [-0.39, 0.29) is 29.0 Å². The summed E-state index contributed by atoms with van der Waals surface area (Å²) in [5, 5.41) is 9.15. The number of hydrogen-bond acceptors (Lipinski definition) is 3. The first-order chi connectivity index (χ1) is 6.57. The minimum absolute atomic E-state index is 0. The molecule has 1 rings (SSSR count). The van der Waals surface area contributed by atoms with Gasteiger partial charge in [0.05, 0.1) is 22.5 Å². The number of nitrogens with zero attached hydrogens (tertiary/aromatic N) is 2. The Morgan fingerprint density at radius 1 is 1.47 bits per heavy atom. The summed E-state index contributed by atoms with van der Waals surface area (Å²) in [6.07, 6.45) is 1.49. The van der Waals surface area contributed by atoms with Crippen LogP contribution in [0, 0.1) is 11.3 Å². The summed E-state index contributed by atoms with van der Waals surface area (Å²) in [6, 6.07) is 1.39. The van der Waals surface area contributed by atoms with E-state index >= 15 is 0 Å². The molecule has 0 aliphatic heterocycles. The Bertz CT molecular complexity index is 388. The molecule has 1 atom stereocenters. The highest BCUT2D eigenvalue weighted by atomic mass is 35.5. The predicted octanol–water partition coefficient (Wildman–Crippen LogP) is 3.38. The second kappa shape index (κ2) is 6.37. The van der Waals surface area contributed by atoms with Crippen LogP contribution >= 0.6 is 47.2 Å². The van der Waals surface area contributed by atoms with Gasteiger partial charge in [-0.3, -0.25) is 0 Å². The van der Waals surface area contributed by atoms with Crippen LogP contribution in [-0.4, -0.2) is 4.98 Å². The minimum Gasteiger partial charge on any atom is -0.323 e. The van der Waals surface area contributed by atoms with E-state index < -0.39 is 6.04 Å². The summed E-state index contributed by atoms with van der Waals surface area (Å²) in [5.74, 6) is 0. The summed E-state index contributed by atoms with van der Waals surface area (Å²) < 4.78 is 0. The standard InChI is InChI=1S/C8H6Cl3N3.ClH/c9-4-3-14-8(11)7(10)6(4)5(13)1-2-12;/h3,5H,1,13H2;1H/t5-;/m0./s1. The molecule has 0 spiro atoms. The number of nitrogens with two attached hydrogens (primary N) is 1. The van der Waals surface area contributed by atoms with Crippen molar-refractivity contribution in [2.45, 2.75) is 12.5 Å². The van der Waals surface area contributed by atoms with E-state index in [0.29, 0.717) is 10.6 Å². The van der Waals surface area contributed by atoms with Gasteiger partial charge in [0.2, 0.25) is 0 Å². The van der Waals surface area contributed by atoms with Crippen molar-refractivity contribution in [3.63, 3.8) is 0 Å². The molecule has 15 heavy (non-hydrogen) atoms. The maximum absolute atomic E-state index is 8.48. The van der Waals surface area contributed by atoms with Crippen LogP contribution in [0.2, 0.25) is 15.2 Å². The van der Waals surface area contributed by atoms with E-state index in [1.807, 2.05) is 6.07 Å². The molecule has 0 bridgehead atoms. The zero-order chi connectivity index (χ0) is 10.7. The van der Waals surface area contributed by atoms with Gasteiger partial charge in [-0.15, -0.1) is 12.4 Å². The van der Waals surface area contributed by atoms with Crippen molar-refractivity contribution in [1.29, 1.82) is 5.26 Å². The number of pyridine rings is 1. The van der Waals surface area contributed by atoms with Gasteiger partial charge in [0, 0.05) is 17.8 Å². The van der Waals surface area contributed by atoms with Gasteiger partial charge in [-0.2, -0.15) is 5.26 Å². The normalized spacial score (nSPS) is 11.4. The zero-order valence-corrected chi connectivity index (χ0v) is 10.5. The fourth-order valence-electron chi connectivity index (χ4n) is 0.996. The van der Waals surface area contributed by atoms with Gasteiger partial charge < -0.3 is 5.73 Å². The molecule has 1 aromatic rings. The maximum Gasteiger partial charge on any atom is 0.148 e. The fourth-order valence-corrected chi connectivity index (χ4v) is 1.77. The lowest BCUT2D eigenvalue weighted by Gasteiger charge is -2.12. The van der Waals surface area contributed by atoms with Crippen molar-refractivity contribution in [2.24, 2.45) is 5.73 Å². The molecule has 0 aliphatic rings. The van der Waals surface area contributed by atoms with Crippen molar-refractivity contribution in [1.82, 2.24) is 4.98 Å². The summed E-state index contributed by atoms with van der Waals surface area (Å²) >= 11 is 17.4. The molecule has 0 saturated heterocycles. The number of aromatic nitrogens is 1. The fraction of sp³-hybridized carbons (Fsp3) is 0.250. The smallest absolute Gasteiger partial charge is 0.148 e. The van der Waals surface area contributed by atoms with Crippen LogP contribution in [0.1, 0.15) is 18.0 Å². The molecule has 3 nitrogen and oxygen atoms in total. The Labute approximate surface area is 109 Å². The molecular weight excluding hydrogens is 280 g/mol. The van der Waals surface area contributed by atoms with E-state index in [4.69, 9.17) is 45.8 Å². The number of hydrogen-bond donors (Lipinski definition) is 1. The molecule has 2 N–H and O–H groups in total. The molecule has 0 unspecified atom stereocenters. The van der Waals surface area contributed by atoms with Gasteiger partial charge in [0.1, 0.15) is 5.15 Å². The van der Waals surface area contributed by atoms with Gasteiger partial charge >= 0.3 is 0 Å². The molecular formula is C8H7Cl4N3. The largest absolute Gasteiger partial charge is 0.323 e. The van der Waals surface area contributed by atoms with E-state index in [2.05, 4.69) is 4.98 Å². The van der Waals surface area contributed by atoms with Crippen molar-refractivity contribution < 1.29 is 0 Å². The van der Waals surface area contributed by atoms with Gasteiger partial charge in [-0.05, 0) is 0 Å². The highest BCUT2D eigenvalue weighted by Gasteiger charge is 2.17. The molecule has 0 aromatic carbocycles. The van der Waals surface area contributed by atoms with Gasteiger partial charge in [0.25, 0.3) is 0 Å². The summed E-state index contributed by atoms with van der Waals surface area (Å²) in [7, 11) is 0. The average Bonchev–Trinajstić information content (AvgIpc) is 2.13. The Morgan fingerprint density at radius 2 is 2.07 bits per heavy atom. The Hall–Kier alpha value is -0.240. The molecule has 1 heterocycles. The van der Waals surface area contributed by atoms with Crippen molar-refractivity contribution in [3.05, 3.63) is 27.0 Å². The molecule has 7 heteroatoms. The highest BCUT2D eigenvalue weighted by Crippen LogP contribution is 2.33. The van der Waals surface area contributed by atoms with Crippen molar-refractivity contribution >= 4 is 47.2 Å². The Morgan fingerprint density at radius 3 is 2.60 bits per heavy atom. The third-order valence-corrected chi connectivity index (χ3v) is 2.72. The van der Waals surface area contributed by atoms with Crippen LogP contribution in [0.4, 0.5) is 0 Å². The quantitative estimate of drug-likeness (QED) is 0.848. The van der Waals surface area contributed by atoms with Crippen molar-refractivity contribution in [2.75, 3.05) is 0 Å². The number of nitriles is 1. The highest BCUT2D eigenvalue weighted by molar-refractivity contribution is 6.43. The second-order valence-corrected chi connectivity index (χ2v) is 3.74. The van der Waals surface area contributed by atoms with Crippen molar-refractivity contribution in [3.8, 4) is 6.07 Å². The third kappa shape index (κ3) is 3.37. The summed E-state index contributed by atoms with van der Waals surface area (Å²) in [5.41, 5.74) is 6.17.